The van der Waals surface area contributed by atoms with Gasteiger partial charge in [-0.1, -0.05) is 12.1 Å². The van der Waals surface area contributed by atoms with Crippen molar-refractivity contribution in [2.45, 2.75) is 19.4 Å². The number of carbonyl (C=O) groups excluding carboxylic acids is 1. The predicted molar refractivity (Wildman–Crippen MR) is 79.0 cm³/mol. The molecule has 0 bridgehead atoms. The lowest BCUT2D eigenvalue weighted by atomic mass is 10.1. The number of methoxy groups -OCH3 is 1. The van der Waals surface area contributed by atoms with Crippen LogP contribution >= 0.6 is 0 Å². The summed E-state index contributed by atoms with van der Waals surface area (Å²) in [5, 5.41) is 2.68. The van der Waals surface area contributed by atoms with Crippen LogP contribution in [0.3, 0.4) is 0 Å². The molecule has 1 unspecified atom stereocenters. The quantitative estimate of drug-likeness (QED) is 0.702. The van der Waals surface area contributed by atoms with E-state index in [2.05, 4.69) is 11.9 Å². The minimum atomic E-state index is -0.607. The lowest BCUT2D eigenvalue weighted by molar-refractivity contribution is -0.127. The molecule has 5 heteroatoms. The van der Waals surface area contributed by atoms with Crippen LogP contribution in [-0.4, -0.2) is 32.2 Å². The number of nitrogens with one attached hydrogen (secondary N) is 1. The normalized spacial score (nSPS) is 11.6. The van der Waals surface area contributed by atoms with E-state index in [0.717, 1.165) is 12.0 Å². The monoisotopic (exact) mass is 278 g/mol. The maximum Gasteiger partial charge on any atom is 0.261 e. The maximum absolute atomic E-state index is 11.7. The van der Waals surface area contributed by atoms with Crippen LogP contribution in [0.2, 0.25) is 0 Å². The summed E-state index contributed by atoms with van der Waals surface area (Å²) in [6.07, 6.45) is 1.78. The lowest BCUT2D eigenvalue weighted by Gasteiger charge is -2.17. The molecule has 0 radical (unpaired) electrons. The zero-order valence-electron chi connectivity index (χ0n) is 12.0. The van der Waals surface area contributed by atoms with Gasteiger partial charge in [-0.05, 0) is 37.6 Å². The average molecular weight is 278 g/mol. The standard InChI is InChI=1S/C15H22N2O3/c1-4-9-17-15(18)11(2)20-13-6-5-12(7-8-16)10-14(13)19-3/h4-6,10-11H,1,7-9,16H2,2-3H3,(H,17,18). The molecule has 0 spiro atoms. The summed E-state index contributed by atoms with van der Waals surface area (Å²) < 4.78 is 10.9. The molecule has 0 aliphatic rings. The van der Waals surface area contributed by atoms with Crippen molar-refractivity contribution in [1.82, 2.24) is 5.32 Å². The fraction of sp³-hybridized carbons (Fsp3) is 0.400. The van der Waals surface area contributed by atoms with Crippen molar-refractivity contribution in [2.24, 2.45) is 5.73 Å². The first-order valence-corrected chi connectivity index (χ1v) is 6.54. The number of ether oxygens (including phenoxy) is 2. The third-order valence-corrected chi connectivity index (χ3v) is 2.75. The summed E-state index contributed by atoms with van der Waals surface area (Å²) >= 11 is 0. The van der Waals surface area contributed by atoms with E-state index < -0.39 is 6.10 Å². The van der Waals surface area contributed by atoms with Crippen LogP contribution in [0.4, 0.5) is 0 Å². The molecule has 1 aromatic carbocycles. The van der Waals surface area contributed by atoms with Crippen LogP contribution in [0.5, 0.6) is 11.5 Å². The molecular formula is C15H22N2O3. The predicted octanol–water partition coefficient (Wildman–Crippen LogP) is 1.27. The van der Waals surface area contributed by atoms with E-state index in [9.17, 15) is 4.79 Å². The molecule has 3 N–H and O–H groups in total. The number of nitrogens with two attached hydrogens (primary N) is 1. The Hall–Kier alpha value is -2.01. The molecule has 0 aromatic heterocycles. The molecular weight excluding hydrogens is 256 g/mol. The zero-order valence-corrected chi connectivity index (χ0v) is 12.0. The number of rotatable bonds is 8. The Bertz CT molecular complexity index is 460. The van der Waals surface area contributed by atoms with Crippen LogP contribution in [0.25, 0.3) is 0 Å². The summed E-state index contributed by atoms with van der Waals surface area (Å²) in [7, 11) is 1.57. The second kappa shape index (κ2) is 8.22. The van der Waals surface area contributed by atoms with Crippen molar-refractivity contribution < 1.29 is 14.3 Å². The number of hydrogen-bond acceptors (Lipinski definition) is 4. The molecule has 0 saturated carbocycles. The minimum Gasteiger partial charge on any atom is -0.493 e. The first kappa shape index (κ1) is 16.0. The minimum absolute atomic E-state index is 0.196. The lowest BCUT2D eigenvalue weighted by Crippen LogP contribution is -2.36. The van der Waals surface area contributed by atoms with Crippen LogP contribution < -0.4 is 20.5 Å². The van der Waals surface area contributed by atoms with Gasteiger partial charge in [0.05, 0.1) is 7.11 Å². The Balaban J connectivity index is 2.75. The third kappa shape index (κ3) is 4.59. The van der Waals surface area contributed by atoms with Crippen molar-refractivity contribution in [3.05, 3.63) is 36.4 Å². The van der Waals surface area contributed by atoms with E-state index in [1.54, 1.807) is 26.2 Å². The van der Waals surface area contributed by atoms with Crippen molar-refractivity contribution in [3.63, 3.8) is 0 Å². The van der Waals surface area contributed by atoms with E-state index in [1.165, 1.54) is 0 Å². The van der Waals surface area contributed by atoms with E-state index in [-0.39, 0.29) is 5.91 Å². The number of benzene rings is 1. The summed E-state index contributed by atoms with van der Waals surface area (Å²) in [4.78, 5) is 11.7. The molecule has 0 aliphatic carbocycles. The summed E-state index contributed by atoms with van der Waals surface area (Å²) in [6.45, 7) is 6.22. The van der Waals surface area contributed by atoms with Gasteiger partial charge in [0.1, 0.15) is 0 Å². The van der Waals surface area contributed by atoms with Crippen molar-refractivity contribution >= 4 is 5.91 Å². The Morgan fingerprint density at radius 3 is 2.85 bits per heavy atom. The highest BCUT2D eigenvalue weighted by atomic mass is 16.5. The fourth-order valence-corrected chi connectivity index (χ4v) is 1.69. The molecule has 0 saturated heterocycles. The third-order valence-electron chi connectivity index (χ3n) is 2.75. The first-order valence-electron chi connectivity index (χ1n) is 6.54. The van der Waals surface area contributed by atoms with E-state index in [0.29, 0.717) is 24.6 Å². The zero-order chi connectivity index (χ0) is 15.0. The Kier molecular flexibility index (Phi) is 6.59. The number of carbonyl (C=O) groups is 1. The van der Waals surface area contributed by atoms with Gasteiger partial charge in [-0.25, -0.2) is 0 Å². The number of amides is 1. The fourth-order valence-electron chi connectivity index (χ4n) is 1.69. The van der Waals surface area contributed by atoms with E-state index in [1.807, 2.05) is 12.1 Å². The molecule has 1 amide bonds. The van der Waals surface area contributed by atoms with Crippen molar-refractivity contribution in [2.75, 3.05) is 20.2 Å². The second-order valence-electron chi connectivity index (χ2n) is 4.32. The largest absolute Gasteiger partial charge is 0.493 e. The summed E-state index contributed by atoms with van der Waals surface area (Å²) in [5.74, 6) is 0.937. The maximum atomic E-state index is 11.7. The molecule has 5 nitrogen and oxygen atoms in total. The highest BCUT2D eigenvalue weighted by Gasteiger charge is 2.16. The molecule has 20 heavy (non-hydrogen) atoms. The van der Waals surface area contributed by atoms with Crippen molar-refractivity contribution in [3.8, 4) is 11.5 Å². The molecule has 0 heterocycles. The molecule has 1 aromatic rings. The summed E-state index contributed by atoms with van der Waals surface area (Å²) in [6, 6.07) is 5.58. The highest BCUT2D eigenvalue weighted by molar-refractivity contribution is 5.80. The van der Waals surface area contributed by atoms with Gasteiger partial charge in [-0.15, -0.1) is 6.58 Å². The molecule has 0 aliphatic heterocycles. The molecule has 0 fully saturated rings. The van der Waals surface area contributed by atoms with E-state index >= 15 is 0 Å². The van der Waals surface area contributed by atoms with Gasteiger partial charge >= 0.3 is 0 Å². The number of hydrogen-bond donors (Lipinski definition) is 2. The van der Waals surface area contributed by atoms with Gasteiger partial charge in [0.2, 0.25) is 0 Å². The SMILES string of the molecule is C=CCNC(=O)C(C)Oc1ccc(CCN)cc1OC. The van der Waals surface area contributed by atoms with Crippen LogP contribution in [0.1, 0.15) is 12.5 Å². The highest BCUT2D eigenvalue weighted by Crippen LogP contribution is 2.29. The topological polar surface area (TPSA) is 73.6 Å². The van der Waals surface area contributed by atoms with Gasteiger partial charge in [0.15, 0.2) is 17.6 Å². The van der Waals surface area contributed by atoms with Gasteiger partial charge in [-0.2, -0.15) is 0 Å². The smallest absolute Gasteiger partial charge is 0.261 e. The van der Waals surface area contributed by atoms with Gasteiger partial charge in [0, 0.05) is 6.54 Å². The van der Waals surface area contributed by atoms with Gasteiger partial charge in [0.25, 0.3) is 5.91 Å². The van der Waals surface area contributed by atoms with Gasteiger partial charge in [-0.3, -0.25) is 4.79 Å². The first-order chi connectivity index (χ1) is 9.62. The summed E-state index contributed by atoms with van der Waals surface area (Å²) in [5.41, 5.74) is 6.59. The van der Waals surface area contributed by atoms with Gasteiger partial charge < -0.3 is 20.5 Å². The van der Waals surface area contributed by atoms with E-state index in [4.69, 9.17) is 15.2 Å². The molecule has 110 valence electrons. The van der Waals surface area contributed by atoms with Crippen molar-refractivity contribution in [1.29, 1.82) is 0 Å². The second-order valence-corrected chi connectivity index (χ2v) is 4.32. The van der Waals surface area contributed by atoms with Crippen LogP contribution in [0, 0.1) is 0 Å². The van der Waals surface area contributed by atoms with Crippen LogP contribution in [-0.2, 0) is 11.2 Å². The Morgan fingerprint density at radius 1 is 1.50 bits per heavy atom. The Labute approximate surface area is 119 Å². The Morgan fingerprint density at radius 2 is 2.25 bits per heavy atom. The molecule has 1 rings (SSSR count). The van der Waals surface area contributed by atoms with Crippen LogP contribution in [0.15, 0.2) is 30.9 Å². The molecule has 1 atom stereocenters. The average Bonchev–Trinajstić information content (AvgIpc) is 2.46.